The van der Waals surface area contributed by atoms with Gasteiger partial charge >= 0.3 is 0 Å². The van der Waals surface area contributed by atoms with Crippen LogP contribution in [0.25, 0.3) is 0 Å². The number of rotatable bonds is 3. The summed E-state index contributed by atoms with van der Waals surface area (Å²) in [4.78, 5) is 15.0. The first kappa shape index (κ1) is 16.0. The fourth-order valence-corrected chi connectivity index (χ4v) is 5.42. The van der Waals surface area contributed by atoms with Crippen molar-refractivity contribution in [2.75, 3.05) is 19.7 Å². The summed E-state index contributed by atoms with van der Waals surface area (Å²) in [5, 5.41) is 13.6. The second kappa shape index (κ2) is 5.93. The van der Waals surface area contributed by atoms with E-state index >= 15 is 0 Å². The monoisotopic (exact) mass is 348 g/mol. The van der Waals surface area contributed by atoms with E-state index in [1.807, 2.05) is 35.2 Å². The van der Waals surface area contributed by atoms with Crippen LogP contribution in [-0.2, 0) is 10.2 Å². The highest BCUT2D eigenvalue weighted by molar-refractivity contribution is 5.81. The highest BCUT2D eigenvalue weighted by Gasteiger charge is 2.54. The Morgan fingerprint density at radius 1 is 1.12 bits per heavy atom. The minimum atomic E-state index is -0.277. The molecule has 3 atom stereocenters. The Labute approximate surface area is 153 Å². The zero-order chi connectivity index (χ0) is 17.7. The lowest BCUT2D eigenvalue weighted by molar-refractivity contribution is -0.132. The number of likely N-dealkylation sites (tertiary alicyclic amines) is 1. The molecule has 0 radical (unpaired) electrons. The predicted octanol–water partition coefficient (Wildman–Crippen LogP) is 2.55. The smallest absolute Gasteiger partial charge is 0.224 e. The molecule has 2 saturated heterocycles. The van der Waals surface area contributed by atoms with Crippen molar-refractivity contribution >= 4 is 5.91 Å². The number of benzene rings is 2. The highest BCUT2D eigenvalue weighted by Crippen LogP contribution is 2.55. The van der Waals surface area contributed by atoms with Gasteiger partial charge in [-0.3, -0.25) is 4.79 Å². The number of carbonyl (C=O) groups excluding carboxylic acids is 1. The summed E-state index contributed by atoms with van der Waals surface area (Å²) in [5.74, 6) is 0.499. The van der Waals surface area contributed by atoms with E-state index in [9.17, 15) is 9.90 Å². The first-order valence-electron chi connectivity index (χ1n) is 9.51. The van der Waals surface area contributed by atoms with E-state index in [-0.39, 0.29) is 30.0 Å². The maximum Gasteiger partial charge on any atom is 0.224 e. The fraction of sp³-hybridized carbons (Fsp3) is 0.409. The molecule has 26 heavy (non-hydrogen) atoms. The van der Waals surface area contributed by atoms with Gasteiger partial charge in [0.15, 0.2) is 0 Å². The maximum absolute atomic E-state index is 13.0. The Bertz CT molecular complexity index is 831. The van der Waals surface area contributed by atoms with Crippen molar-refractivity contribution in [3.05, 3.63) is 71.3 Å². The van der Waals surface area contributed by atoms with E-state index in [0.29, 0.717) is 12.3 Å². The lowest BCUT2D eigenvalue weighted by atomic mass is 9.61. The fourth-order valence-electron chi connectivity index (χ4n) is 5.42. The van der Waals surface area contributed by atoms with Crippen molar-refractivity contribution < 1.29 is 9.90 Å². The van der Waals surface area contributed by atoms with E-state index in [2.05, 4.69) is 29.6 Å². The van der Waals surface area contributed by atoms with Crippen LogP contribution >= 0.6 is 0 Å². The molecule has 0 bridgehead atoms. The van der Waals surface area contributed by atoms with Gasteiger partial charge in [0, 0.05) is 24.9 Å². The number of carbonyl (C=O) groups is 1. The molecular formula is C22H24N2O2. The third-order valence-electron chi connectivity index (χ3n) is 6.59. The van der Waals surface area contributed by atoms with Crippen molar-refractivity contribution in [2.45, 2.75) is 30.3 Å². The Morgan fingerprint density at radius 2 is 1.85 bits per heavy atom. The van der Waals surface area contributed by atoms with Crippen molar-refractivity contribution in [1.29, 1.82) is 0 Å². The van der Waals surface area contributed by atoms with Crippen LogP contribution in [0.3, 0.4) is 0 Å². The highest BCUT2D eigenvalue weighted by atomic mass is 16.3. The lowest BCUT2D eigenvalue weighted by Crippen LogP contribution is -2.60. The molecule has 0 saturated carbocycles. The molecule has 4 heteroatoms. The van der Waals surface area contributed by atoms with Gasteiger partial charge in [0.2, 0.25) is 5.91 Å². The van der Waals surface area contributed by atoms with E-state index in [4.69, 9.17) is 0 Å². The third-order valence-corrected chi connectivity index (χ3v) is 6.59. The number of amides is 1. The van der Waals surface area contributed by atoms with Crippen molar-refractivity contribution in [3.8, 4) is 0 Å². The van der Waals surface area contributed by atoms with Gasteiger partial charge in [-0.2, -0.15) is 0 Å². The summed E-state index contributed by atoms with van der Waals surface area (Å²) in [6, 6.07) is 18.3. The molecule has 1 amide bonds. The molecule has 2 fully saturated rings. The van der Waals surface area contributed by atoms with Gasteiger partial charge in [-0.25, -0.2) is 0 Å². The number of aliphatic hydroxyl groups is 1. The standard InChI is InChI=1S/C22H24N2O2/c25-12-19(15-6-2-1-3-7-15)24-20(26)10-16-11-22(13-23-14-22)18-9-5-4-8-17(18)21(16)24/h1-9,16,19,21,23,25H,10-14H2/t16-,19+,21-/m0/s1. The second-order valence-corrected chi connectivity index (χ2v) is 7.99. The molecule has 1 aliphatic carbocycles. The molecule has 2 aromatic rings. The van der Waals surface area contributed by atoms with Gasteiger partial charge in [-0.1, -0.05) is 54.6 Å². The number of nitrogens with zero attached hydrogens (tertiary/aromatic N) is 1. The van der Waals surface area contributed by atoms with Crippen molar-refractivity contribution in [2.24, 2.45) is 5.92 Å². The molecule has 2 aromatic carbocycles. The summed E-state index contributed by atoms with van der Waals surface area (Å²) < 4.78 is 0. The second-order valence-electron chi connectivity index (χ2n) is 7.99. The molecule has 4 nitrogen and oxygen atoms in total. The summed E-state index contributed by atoms with van der Waals surface area (Å²) in [6.45, 7) is 1.96. The minimum Gasteiger partial charge on any atom is -0.394 e. The maximum atomic E-state index is 13.0. The van der Waals surface area contributed by atoms with E-state index < -0.39 is 0 Å². The minimum absolute atomic E-state index is 0.0478. The van der Waals surface area contributed by atoms with Gasteiger partial charge in [0.25, 0.3) is 0 Å². The molecule has 2 N–H and O–H groups in total. The number of hydrogen-bond donors (Lipinski definition) is 2. The molecule has 5 rings (SSSR count). The van der Waals surface area contributed by atoms with Gasteiger partial charge in [0.1, 0.15) is 0 Å². The summed E-state index contributed by atoms with van der Waals surface area (Å²) in [7, 11) is 0. The molecular weight excluding hydrogens is 324 g/mol. The molecule has 1 spiro atoms. The van der Waals surface area contributed by atoms with Crippen LogP contribution in [0.4, 0.5) is 0 Å². The average molecular weight is 348 g/mol. The summed E-state index contributed by atoms with van der Waals surface area (Å²) in [6.07, 6.45) is 1.64. The Kier molecular flexibility index (Phi) is 3.66. The summed E-state index contributed by atoms with van der Waals surface area (Å²) >= 11 is 0. The molecule has 3 aliphatic rings. The molecule has 0 aromatic heterocycles. The quantitative estimate of drug-likeness (QED) is 0.896. The van der Waals surface area contributed by atoms with Crippen LogP contribution in [0.2, 0.25) is 0 Å². The molecule has 134 valence electrons. The number of aliphatic hydroxyl groups excluding tert-OH is 1. The lowest BCUT2D eigenvalue weighted by Gasteiger charge is -2.51. The topological polar surface area (TPSA) is 52.6 Å². The normalized spacial score (nSPS) is 27.0. The van der Waals surface area contributed by atoms with E-state index in [1.165, 1.54) is 11.1 Å². The van der Waals surface area contributed by atoms with Crippen LogP contribution in [0.5, 0.6) is 0 Å². The zero-order valence-corrected chi connectivity index (χ0v) is 14.8. The zero-order valence-electron chi connectivity index (χ0n) is 14.8. The predicted molar refractivity (Wildman–Crippen MR) is 99.6 cm³/mol. The molecule has 2 heterocycles. The number of nitrogens with one attached hydrogen (secondary N) is 1. The Balaban J connectivity index is 1.60. The van der Waals surface area contributed by atoms with Crippen molar-refractivity contribution in [1.82, 2.24) is 10.2 Å². The van der Waals surface area contributed by atoms with Crippen molar-refractivity contribution in [3.63, 3.8) is 0 Å². The molecule has 2 aliphatic heterocycles. The van der Waals surface area contributed by atoms with Gasteiger partial charge in [-0.05, 0) is 29.0 Å². The molecule has 0 unspecified atom stereocenters. The van der Waals surface area contributed by atoms with Gasteiger partial charge in [-0.15, -0.1) is 0 Å². The summed E-state index contributed by atoms with van der Waals surface area (Å²) in [5.41, 5.74) is 3.87. The first-order chi connectivity index (χ1) is 12.7. The van der Waals surface area contributed by atoms with Crippen LogP contribution < -0.4 is 5.32 Å². The average Bonchev–Trinajstić information content (AvgIpc) is 2.97. The van der Waals surface area contributed by atoms with E-state index in [0.717, 1.165) is 25.1 Å². The largest absolute Gasteiger partial charge is 0.394 e. The SMILES string of the molecule is O=C1C[C@H]2CC3(CNC3)c3ccccc3[C@H]2N1[C@H](CO)c1ccccc1. The van der Waals surface area contributed by atoms with Crippen LogP contribution in [0, 0.1) is 5.92 Å². The van der Waals surface area contributed by atoms with Crippen LogP contribution in [0.1, 0.15) is 41.6 Å². The number of hydrogen-bond acceptors (Lipinski definition) is 3. The van der Waals surface area contributed by atoms with E-state index in [1.54, 1.807) is 0 Å². The Hall–Kier alpha value is -2.17. The number of fused-ring (bicyclic) bond motifs is 4. The van der Waals surface area contributed by atoms with Gasteiger partial charge < -0.3 is 15.3 Å². The van der Waals surface area contributed by atoms with Crippen LogP contribution in [0.15, 0.2) is 54.6 Å². The van der Waals surface area contributed by atoms with Crippen LogP contribution in [-0.4, -0.2) is 35.6 Å². The first-order valence-corrected chi connectivity index (χ1v) is 9.51. The van der Waals surface area contributed by atoms with Gasteiger partial charge in [0.05, 0.1) is 18.7 Å². The third kappa shape index (κ3) is 2.19. The Morgan fingerprint density at radius 3 is 2.54 bits per heavy atom.